The van der Waals surface area contributed by atoms with Crippen LogP contribution in [0, 0.1) is 13.8 Å². The highest BCUT2D eigenvalue weighted by Crippen LogP contribution is 2.30. The van der Waals surface area contributed by atoms with Crippen molar-refractivity contribution in [3.8, 4) is 11.5 Å². The lowest BCUT2D eigenvalue weighted by atomic mass is 10.1. The molecule has 0 aliphatic rings. The van der Waals surface area contributed by atoms with E-state index in [0.717, 1.165) is 10.0 Å². The summed E-state index contributed by atoms with van der Waals surface area (Å²) in [6.45, 7) is 3.70. The molecular formula is C15H14BrNO3. The molecule has 0 unspecified atom stereocenters. The molecule has 5 heteroatoms. The largest absolute Gasteiger partial charge is 0.478 e. The van der Waals surface area contributed by atoms with Gasteiger partial charge in [-0.2, -0.15) is 0 Å². The van der Waals surface area contributed by atoms with Gasteiger partial charge in [0.05, 0.1) is 5.56 Å². The zero-order valence-electron chi connectivity index (χ0n) is 11.1. The second-order valence-corrected chi connectivity index (χ2v) is 5.37. The number of ether oxygens (including phenoxy) is 1. The summed E-state index contributed by atoms with van der Waals surface area (Å²) in [7, 11) is 0. The van der Waals surface area contributed by atoms with Gasteiger partial charge in [-0.15, -0.1) is 0 Å². The summed E-state index contributed by atoms with van der Waals surface area (Å²) in [4.78, 5) is 11.1. The fourth-order valence-electron chi connectivity index (χ4n) is 1.82. The van der Waals surface area contributed by atoms with Gasteiger partial charge in [-0.25, -0.2) is 4.79 Å². The number of aryl methyl sites for hydroxylation is 2. The number of hydrogen-bond acceptors (Lipinski definition) is 3. The van der Waals surface area contributed by atoms with Crippen molar-refractivity contribution >= 4 is 27.6 Å². The lowest BCUT2D eigenvalue weighted by molar-refractivity contribution is 0.0697. The lowest BCUT2D eigenvalue weighted by Crippen LogP contribution is -2.04. The van der Waals surface area contributed by atoms with E-state index in [-0.39, 0.29) is 11.3 Å². The fourth-order valence-corrected chi connectivity index (χ4v) is 2.06. The van der Waals surface area contributed by atoms with E-state index in [2.05, 4.69) is 15.9 Å². The number of benzene rings is 2. The van der Waals surface area contributed by atoms with Gasteiger partial charge in [0.1, 0.15) is 11.5 Å². The average molecular weight is 336 g/mol. The van der Waals surface area contributed by atoms with Crippen molar-refractivity contribution in [3.63, 3.8) is 0 Å². The normalized spacial score (nSPS) is 10.3. The van der Waals surface area contributed by atoms with Crippen molar-refractivity contribution in [1.29, 1.82) is 0 Å². The maximum Gasteiger partial charge on any atom is 0.337 e. The summed E-state index contributed by atoms with van der Waals surface area (Å²) in [5, 5.41) is 9.12. The molecule has 0 radical (unpaired) electrons. The first-order valence-electron chi connectivity index (χ1n) is 5.96. The van der Waals surface area contributed by atoms with E-state index < -0.39 is 5.97 Å². The highest BCUT2D eigenvalue weighted by atomic mass is 79.9. The number of carboxylic acid groups (broad SMARTS) is 1. The van der Waals surface area contributed by atoms with Gasteiger partial charge in [-0.1, -0.05) is 15.9 Å². The first-order chi connectivity index (χ1) is 9.38. The average Bonchev–Trinajstić information content (AvgIpc) is 2.37. The number of carboxylic acids is 1. The first kappa shape index (κ1) is 14.4. The predicted molar refractivity (Wildman–Crippen MR) is 81.5 cm³/mol. The van der Waals surface area contributed by atoms with Gasteiger partial charge in [0, 0.05) is 10.2 Å². The molecule has 0 saturated heterocycles. The number of halogens is 1. The van der Waals surface area contributed by atoms with Crippen LogP contribution in [-0.2, 0) is 0 Å². The Morgan fingerprint density at radius 3 is 2.40 bits per heavy atom. The summed E-state index contributed by atoms with van der Waals surface area (Å²) in [5.41, 5.74) is 7.77. The molecule has 104 valence electrons. The van der Waals surface area contributed by atoms with E-state index in [0.29, 0.717) is 17.1 Å². The zero-order chi connectivity index (χ0) is 14.9. The van der Waals surface area contributed by atoms with Crippen LogP contribution in [0.4, 0.5) is 5.69 Å². The zero-order valence-corrected chi connectivity index (χ0v) is 12.7. The van der Waals surface area contributed by atoms with E-state index in [1.807, 2.05) is 25.1 Å². The number of rotatable bonds is 3. The molecule has 0 saturated carbocycles. The van der Waals surface area contributed by atoms with Gasteiger partial charge < -0.3 is 15.6 Å². The van der Waals surface area contributed by atoms with Crippen LogP contribution in [0.15, 0.2) is 34.8 Å². The number of nitrogens with two attached hydrogens (primary N) is 1. The van der Waals surface area contributed by atoms with Crippen LogP contribution in [-0.4, -0.2) is 11.1 Å². The van der Waals surface area contributed by atoms with Crippen molar-refractivity contribution in [2.75, 3.05) is 5.73 Å². The maximum absolute atomic E-state index is 11.1. The summed E-state index contributed by atoms with van der Waals surface area (Å²) < 4.78 is 6.69. The third-order valence-electron chi connectivity index (χ3n) is 2.96. The second kappa shape index (κ2) is 5.54. The van der Waals surface area contributed by atoms with Crippen molar-refractivity contribution in [3.05, 3.63) is 51.5 Å². The molecular weight excluding hydrogens is 322 g/mol. The Morgan fingerprint density at radius 2 is 1.80 bits per heavy atom. The highest BCUT2D eigenvalue weighted by molar-refractivity contribution is 9.10. The Bertz CT molecular complexity index is 683. The molecule has 0 heterocycles. The van der Waals surface area contributed by atoms with Crippen LogP contribution in [0.25, 0.3) is 0 Å². The maximum atomic E-state index is 11.1. The molecule has 0 aliphatic carbocycles. The van der Waals surface area contributed by atoms with Crippen LogP contribution in [0.3, 0.4) is 0 Å². The quantitative estimate of drug-likeness (QED) is 0.827. The van der Waals surface area contributed by atoms with E-state index in [4.69, 9.17) is 15.6 Å². The summed E-state index contributed by atoms with van der Waals surface area (Å²) in [6, 6.07) is 8.72. The minimum atomic E-state index is -1.07. The molecule has 0 spiro atoms. The standard InChI is InChI=1S/C15H14BrNO3/c1-8-5-10(3-4-13(8)16)20-11-6-9(2)14(17)12(7-11)15(18)19/h3-7H,17H2,1-2H3,(H,18,19). The highest BCUT2D eigenvalue weighted by Gasteiger charge is 2.13. The van der Waals surface area contributed by atoms with Gasteiger partial charge in [0.25, 0.3) is 0 Å². The van der Waals surface area contributed by atoms with Crippen molar-refractivity contribution in [1.82, 2.24) is 0 Å². The van der Waals surface area contributed by atoms with Gasteiger partial charge in [-0.05, 0) is 55.3 Å². The third-order valence-corrected chi connectivity index (χ3v) is 3.85. The van der Waals surface area contributed by atoms with Crippen LogP contribution < -0.4 is 10.5 Å². The summed E-state index contributed by atoms with van der Waals surface area (Å²) in [5.74, 6) is 0.0325. The number of hydrogen-bond donors (Lipinski definition) is 2. The Kier molecular flexibility index (Phi) is 3.99. The Balaban J connectivity index is 2.38. The SMILES string of the molecule is Cc1cc(Oc2cc(C)c(N)c(C(=O)O)c2)ccc1Br. The van der Waals surface area contributed by atoms with Crippen LogP contribution >= 0.6 is 15.9 Å². The predicted octanol–water partition coefficient (Wildman–Crippen LogP) is 4.14. The van der Waals surface area contributed by atoms with Crippen molar-refractivity contribution < 1.29 is 14.6 Å². The van der Waals surface area contributed by atoms with E-state index in [9.17, 15) is 4.79 Å². The molecule has 20 heavy (non-hydrogen) atoms. The van der Waals surface area contributed by atoms with E-state index in [1.165, 1.54) is 6.07 Å². The van der Waals surface area contributed by atoms with Gasteiger partial charge in [-0.3, -0.25) is 0 Å². The fraction of sp³-hybridized carbons (Fsp3) is 0.133. The van der Waals surface area contributed by atoms with Gasteiger partial charge in [0.2, 0.25) is 0 Å². The van der Waals surface area contributed by atoms with Crippen molar-refractivity contribution in [2.24, 2.45) is 0 Å². The Hall–Kier alpha value is -2.01. The molecule has 2 rings (SSSR count). The Morgan fingerprint density at radius 1 is 1.15 bits per heavy atom. The number of carbonyl (C=O) groups is 1. The molecule has 2 aromatic rings. The van der Waals surface area contributed by atoms with Crippen LogP contribution in [0.2, 0.25) is 0 Å². The second-order valence-electron chi connectivity index (χ2n) is 4.52. The number of anilines is 1. The molecule has 0 bridgehead atoms. The molecule has 0 fully saturated rings. The van der Waals surface area contributed by atoms with Crippen LogP contribution in [0.5, 0.6) is 11.5 Å². The summed E-state index contributed by atoms with van der Waals surface area (Å²) in [6.07, 6.45) is 0. The van der Waals surface area contributed by atoms with E-state index >= 15 is 0 Å². The number of aromatic carboxylic acids is 1. The number of nitrogen functional groups attached to an aromatic ring is 1. The third kappa shape index (κ3) is 2.93. The van der Waals surface area contributed by atoms with Crippen molar-refractivity contribution in [2.45, 2.75) is 13.8 Å². The molecule has 4 nitrogen and oxygen atoms in total. The molecule has 0 aliphatic heterocycles. The minimum Gasteiger partial charge on any atom is -0.478 e. The van der Waals surface area contributed by atoms with E-state index in [1.54, 1.807) is 13.0 Å². The van der Waals surface area contributed by atoms with Crippen LogP contribution in [0.1, 0.15) is 21.5 Å². The molecule has 3 N–H and O–H groups in total. The Labute approximate surface area is 125 Å². The molecule has 0 aromatic heterocycles. The smallest absolute Gasteiger partial charge is 0.337 e. The monoisotopic (exact) mass is 335 g/mol. The molecule has 0 amide bonds. The lowest BCUT2D eigenvalue weighted by Gasteiger charge is -2.11. The molecule has 0 atom stereocenters. The molecule has 2 aromatic carbocycles. The van der Waals surface area contributed by atoms with Gasteiger partial charge >= 0.3 is 5.97 Å². The van der Waals surface area contributed by atoms with Gasteiger partial charge in [0.15, 0.2) is 0 Å². The topological polar surface area (TPSA) is 72.5 Å². The summed E-state index contributed by atoms with van der Waals surface area (Å²) >= 11 is 3.42. The first-order valence-corrected chi connectivity index (χ1v) is 6.75. The minimum absolute atomic E-state index is 0.0498.